The molecule has 1 fully saturated rings. The van der Waals surface area contributed by atoms with Crippen molar-refractivity contribution < 1.29 is 42.5 Å². The van der Waals surface area contributed by atoms with E-state index in [1.165, 1.54) is 14.0 Å². The number of carbonyl (C=O) groups is 3. The molecule has 1 aliphatic rings. The molecule has 126 valence electrons. The van der Waals surface area contributed by atoms with E-state index in [4.69, 9.17) is 23.7 Å². The van der Waals surface area contributed by atoms with Crippen molar-refractivity contribution >= 4 is 17.9 Å². The molecule has 0 spiro atoms. The molecule has 0 aromatic carbocycles. The predicted octanol–water partition coefficient (Wildman–Crippen LogP) is 0.122. The summed E-state index contributed by atoms with van der Waals surface area (Å²) in [5, 5.41) is 0. The minimum Gasteiger partial charge on any atom is -0.463 e. The molecular formula is C13H19FO8. The summed E-state index contributed by atoms with van der Waals surface area (Å²) >= 11 is 0. The Hall–Kier alpha value is -1.74. The lowest BCUT2D eigenvalue weighted by Crippen LogP contribution is -2.60. The van der Waals surface area contributed by atoms with Crippen LogP contribution in [0.15, 0.2) is 0 Å². The van der Waals surface area contributed by atoms with Crippen LogP contribution >= 0.6 is 0 Å². The molecule has 0 aromatic heterocycles. The largest absolute Gasteiger partial charge is 0.463 e. The number of hydrogen-bond acceptors (Lipinski definition) is 8. The van der Waals surface area contributed by atoms with E-state index in [2.05, 4.69) is 0 Å². The lowest BCUT2D eigenvalue weighted by Gasteiger charge is -2.41. The minimum atomic E-state index is -1.87. The first-order valence-corrected chi connectivity index (χ1v) is 6.56. The molecule has 0 radical (unpaired) electrons. The Labute approximate surface area is 126 Å². The minimum absolute atomic E-state index is 0.308. The van der Waals surface area contributed by atoms with E-state index in [9.17, 15) is 18.8 Å². The molecule has 1 aliphatic heterocycles. The summed E-state index contributed by atoms with van der Waals surface area (Å²) in [4.78, 5) is 33.3. The number of alkyl halides is 1. The molecule has 8 nitrogen and oxygen atoms in total. The monoisotopic (exact) mass is 322 g/mol. The van der Waals surface area contributed by atoms with Crippen molar-refractivity contribution in [1.29, 1.82) is 0 Å². The SMILES string of the molecule is CO[C@@H]1O[C@H](COC(C)=O)[C@H](OC(C)=O)[C@H](OC(C)=O)[C@H]1F. The zero-order chi connectivity index (χ0) is 16.9. The summed E-state index contributed by atoms with van der Waals surface area (Å²) in [6.07, 6.45) is -6.94. The predicted molar refractivity (Wildman–Crippen MR) is 68.3 cm³/mol. The normalized spacial score (nSPS) is 31.2. The van der Waals surface area contributed by atoms with E-state index in [1.54, 1.807) is 0 Å². The molecule has 0 bridgehead atoms. The number of rotatable bonds is 5. The highest BCUT2D eigenvalue weighted by molar-refractivity contribution is 5.67. The quantitative estimate of drug-likeness (QED) is 0.520. The van der Waals surface area contributed by atoms with Crippen molar-refractivity contribution in [2.45, 2.75) is 51.5 Å². The fraction of sp³-hybridized carbons (Fsp3) is 0.769. The number of halogens is 1. The Bertz CT molecular complexity index is 426. The Morgan fingerprint density at radius 2 is 1.55 bits per heavy atom. The molecule has 0 unspecified atom stereocenters. The summed E-state index contributed by atoms with van der Waals surface area (Å²) in [5.74, 6) is -2.07. The molecule has 9 heteroatoms. The maximum atomic E-state index is 14.3. The fourth-order valence-corrected chi connectivity index (χ4v) is 2.05. The molecule has 1 rings (SSSR count). The van der Waals surface area contributed by atoms with Gasteiger partial charge in [0.25, 0.3) is 0 Å². The number of carbonyl (C=O) groups excluding carboxylic acids is 3. The van der Waals surface area contributed by atoms with Gasteiger partial charge in [0.05, 0.1) is 0 Å². The highest BCUT2D eigenvalue weighted by Gasteiger charge is 2.51. The molecule has 0 amide bonds. The summed E-state index contributed by atoms with van der Waals surface area (Å²) in [6, 6.07) is 0. The van der Waals surface area contributed by atoms with E-state index < -0.39 is 48.7 Å². The third-order valence-electron chi connectivity index (χ3n) is 2.86. The average molecular weight is 322 g/mol. The summed E-state index contributed by atoms with van der Waals surface area (Å²) in [6.45, 7) is 3.08. The molecular weight excluding hydrogens is 303 g/mol. The van der Waals surface area contributed by atoms with Crippen LogP contribution in [0.1, 0.15) is 20.8 Å². The van der Waals surface area contributed by atoms with Gasteiger partial charge in [0.15, 0.2) is 24.7 Å². The number of esters is 3. The maximum absolute atomic E-state index is 14.3. The first kappa shape index (κ1) is 18.3. The Morgan fingerprint density at radius 1 is 1.00 bits per heavy atom. The van der Waals surface area contributed by atoms with Gasteiger partial charge in [-0.25, -0.2) is 4.39 Å². The molecule has 1 heterocycles. The average Bonchev–Trinajstić information content (AvgIpc) is 2.41. The lowest BCUT2D eigenvalue weighted by atomic mass is 9.99. The van der Waals surface area contributed by atoms with Crippen molar-refractivity contribution in [3.8, 4) is 0 Å². The van der Waals surface area contributed by atoms with Crippen molar-refractivity contribution in [1.82, 2.24) is 0 Å². The molecule has 0 aromatic rings. The first-order chi connectivity index (χ1) is 10.3. The highest BCUT2D eigenvalue weighted by Crippen LogP contribution is 2.29. The van der Waals surface area contributed by atoms with E-state index in [1.807, 2.05) is 0 Å². The van der Waals surface area contributed by atoms with Crippen LogP contribution in [0.2, 0.25) is 0 Å². The van der Waals surface area contributed by atoms with Gasteiger partial charge in [-0.1, -0.05) is 0 Å². The van der Waals surface area contributed by atoms with Crippen LogP contribution in [0.25, 0.3) is 0 Å². The summed E-state index contributed by atoms with van der Waals surface area (Å²) in [7, 11) is 1.21. The third-order valence-corrected chi connectivity index (χ3v) is 2.86. The number of methoxy groups -OCH3 is 1. The fourth-order valence-electron chi connectivity index (χ4n) is 2.05. The second kappa shape index (κ2) is 8.04. The zero-order valence-electron chi connectivity index (χ0n) is 12.7. The second-order valence-electron chi connectivity index (χ2n) is 4.67. The van der Waals surface area contributed by atoms with Crippen LogP contribution in [0.3, 0.4) is 0 Å². The van der Waals surface area contributed by atoms with E-state index in [0.29, 0.717) is 0 Å². The van der Waals surface area contributed by atoms with Gasteiger partial charge in [-0.3, -0.25) is 14.4 Å². The van der Waals surface area contributed by atoms with Crippen molar-refractivity contribution in [3.05, 3.63) is 0 Å². The summed E-state index contributed by atoms with van der Waals surface area (Å²) < 4.78 is 39.1. The third kappa shape index (κ3) is 4.92. The maximum Gasteiger partial charge on any atom is 0.303 e. The van der Waals surface area contributed by atoms with Crippen LogP contribution in [0.4, 0.5) is 4.39 Å². The number of hydrogen-bond donors (Lipinski definition) is 0. The molecule has 1 saturated heterocycles. The molecule has 0 N–H and O–H groups in total. The highest BCUT2D eigenvalue weighted by atomic mass is 19.1. The van der Waals surface area contributed by atoms with Gasteiger partial charge in [0, 0.05) is 27.9 Å². The molecule has 22 heavy (non-hydrogen) atoms. The van der Waals surface area contributed by atoms with Crippen LogP contribution in [0, 0.1) is 0 Å². The smallest absolute Gasteiger partial charge is 0.303 e. The van der Waals surface area contributed by atoms with Gasteiger partial charge in [-0.15, -0.1) is 0 Å². The Kier molecular flexibility index (Phi) is 6.69. The van der Waals surface area contributed by atoms with Gasteiger partial charge in [0.1, 0.15) is 12.7 Å². The number of ether oxygens (including phenoxy) is 5. The molecule has 0 aliphatic carbocycles. The zero-order valence-corrected chi connectivity index (χ0v) is 12.7. The standard InChI is InChI=1S/C13H19FO8/c1-6(15)19-5-9-11(20-7(2)16)12(21-8(3)17)10(14)13(18-4)22-9/h9-13H,5H2,1-4H3/t9-,10-,11+,12-,13-/m1/s1. The Morgan fingerprint density at radius 3 is 2.00 bits per heavy atom. The van der Waals surface area contributed by atoms with Crippen LogP contribution in [-0.2, 0) is 38.1 Å². The van der Waals surface area contributed by atoms with Crippen LogP contribution in [0.5, 0.6) is 0 Å². The summed E-state index contributed by atoms with van der Waals surface area (Å²) in [5.41, 5.74) is 0. The Balaban J connectivity index is 3.00. The van der Waals surface area contributed by atoms with Crippen molar-refractivity contribution in [2.24, 2.45) is 0 Å². The van der Waals surface area contributed by atoms with Crippen molar-refractivity contribution in [3.63, 3.8) is 0 Å². The second-order valence-corrected chi connectivity index (χ2v) is 4.67. The topological polar surface area (TPSA) is 97.4 Å². The van der Waals surface area contributed by atoms with Gasteiger partial charge in [-0.05, 0) is 0 Å². The lowest BCUT2D eigenvalue weighted by molar-refractivity contribution is -0.286. The van der Waals surface area contributed by atoms with Gasteiger partial charge in [0.2, 0.25) is 0 Å². The first-order valence-electron chi connectivity index (χ1n) is 6.56. The molecule has 5 atom stereocenters. The van der Waals surface area contributed by atoms with Crippen LogP contribution in [-0.4, -0.2) is 62.4 Å². The van der Waals surface area contributed by atoms with Gasteiger partial charge < -0.3 is 23.7 Å². The van der Waals surface area contributed by atoms with E-state index in [0.717, 1.165) is 13.8 Å². The van der Waals surface area contributed by atoms with Crippen LogP contribution < -0.4 is 0 Å². The van der Waals surface area contributed by atoms with E-state index in [-0.39, 0.29) is 6.61 Å². The van der Waals surface area contributed by atoms with Gasteiger partial charge in [-0.2, -0.15) is 0 Å². The van der Waals surface area contributed by atoms with Gasteiger partial charge >= 0.3 is 17.9 Å². The molecule has 0 saturated carbocycles. The van der Waals surface area contributed by atoms with Crippen molar-refractivity contribution in [2.75, 3.05) is 13.7 Å². The van der Waals surface area contributed by atoms with E-state index >= 15 is 0 Å².